The van der Waals surface area contributed by atoms with Gasteiger partial charge in [0.15, 0.2) is 5.82 Å². The molecule has 1 aromatic carbocycles. The van der Waals surface area contributed by atoms with E-state index in [4.69, 9.17) is 10.5 Å². The number of nitrogens with one attached hydrogen (secondary N) is 1. The maximum absolute atomic E-state index is 13.3. The van der Waals surface area contributed by atoms with E-state index in [2.05, 4.69) is 10.2 Å². The summed E-state index contributed by atoms with van der Waals surface area (Å²) in [6, 6.07) is 2.04. The summed E-state index contributed by atoms with van der Waals surface area (Å²) in [5.41, 5.74) is 5.85. The molecule has 0 spiro atoms. The molecule has 106 valence electrons. The molecule has 1 aromatic rings. The Kier molecular flexibility index (Phi) is 4.55. The Morgan fingerprint density at radius 3 is 2.74 bits per heavy atom. The van der Waals surface area contributed by atoms with Crippen molar-refractivity contribution in [2.75, 3.05) is 43.9 Å². The Bertz CT molecular complexity index is 436. The minimum absolute atomic E-state index is 0.0431. The summed E-state index contributed by atoms with van der Waals surface area (Å²) in [4.78, 5) is 2.24. The number of hydrogen-bond acceptors (Lipinski definition) is 4. The van der Waals surface area contributed by atoms with Crippen molar-refractivity contribution in [3.8, 4) is 0 Å². The number of nitrogen functional groups attached to an aromatic ring is 1. The highest BCUT2D eigenvalue weighted by Crippen LogP contribution is 2.24. The van der Waals surface area contributed by atoms with Gasteiger partial charge in [-0.05, 0) is 13.0 Å². The molecular weight excluding hydrogens is 252 g/mol. The van der Waals surface area contributed by atoms with Gasteiger partial charge in [0.05, 0.1) is 24.6 Å². The molecule has 3 N–H and O–H groups in total. The fraction of sp³-hybridized carbons (Fsp3) is 0.538. The Hall–Kier alpha value is -1.40. The summed E-state index contributed by atoms with van der Waals surface area (Å²) in [5, 5.41) is 3.05. The molecule has 6 heteroatoms. The monoisotopic (exact) mass is 271 g/mol. The molecule has 1 saturated heterocycles. The first kappa shape index (κ1) is 14.0. The molecule has 19 heavy (non-hydrogen) atoms. The molecular formula is C13H19F2N3O. The van der Waals surface area contributed by atoms with Gasteiger partial charge in [-0.2, -0.15) is 0 Å². The quantitative estimate of drug-likeness (QED) is 0.818. The molecule has 4 nitrogen and oxygen atoms in total. The highest BCUT2D eigenvalue weighted by molar-refractivity contribution is 5.67. The van der Waals surface area contributed by atoms with Crippen LogP contribution < -0.4 is 11.1 Å². The van der Waals surface area contributed by atoms with E-state index < -0.39 is 11.6 Å². The first-order valence-corrected chi connectivity index (χ1v) is 6.37. The molecule has 0 saturated carbocycles. The highest BCUT2D eigenvalue weighted by Gasteiger charge is 2.15. The first-order chi connectivity index (χ1) is 9.06. The number of nitrogens with two attached hydrogens (primary N) is 1. The second-order valence-electron chi connectivity index (χ2n) is 4.81. The van der Waals surface area contributed by atoms with Crippen LogP contribution in [-0.4, -0.2) is 43.8 Å². The van der Waals surface area contributed by atoms with Gasteiger partial charge in [-0.1, -0.05) is 0 Å². The van der Waals surface area contributed by atoms with Crippen molar-refractivity contribution in [1.29, 1.82) is 0 Å². The van der Waals surface area contributed by atoms with Gasteiger partial charge in [0.2, 0.25) is 0 Å². The van der Waals surface area contributed by atoms with Gasteiger partial charge < -0.3 is 15.8 Å². The SMILES string of the molecule is CC(CN1CCOCC1)Nc1cc(F)cc(F)c1N. The summed E-state index contributed by atoms with van der Waals surface area (Å²) in [6.45, 7) is 5.93. The van der Waals surface area contributed by atoms with Gasteiger partial charge in [-0.15, -0.1) is 0 Å². The van der Waals surface area contributed by atoms with E-state index >= 15 is 0 Å². The summed E-state index contributed by atoms with van der Waals surface area (Å²) < 4.78 is 31.7. The zero-order valence-electron chi connectivity index (χ0n) is 11.0. The van der Waals surface area contributed by atoms with Crippen LogP contribution in [0.1, 0.15) is 6.92 Å². The van der Waals surface area contributed by atoms with Gasteiger partial charge in [-0.3, -0.25) is 4.90 Å². The molecule has 0 radical (unpaired) electrons. The Balaban J connectivity index is 1.96. The van der Waals surface area contributed by atoms with Crippen LogP contribution in [0.2, 0.25) is 0 Å². The van der Waals surface area contributed by atoms with Crippen LogP contribution >= 0.6 is 0 Å². The lowest BCUT2D eigenvalue weighted by Gasteiger charge is -2.30. The number of ether oxygens (including phenoxy) is 1. The lowest BCUT2D eigenvalue weighted by Crippen LogP contribution is -2.42. The molecule has 0 bridgehead atoms. The average molecular weight is 271 g/mol. The molecule has 1 atom stereocenters. The van der Waals surface area contributed by atoms with Crippen LogP contribution in [-0.2, 0) is 4.74 Å². The minimum atomic E-state index is -0.735. The molecule has 0 aromatic heterocycles. The van der Waals surface area contributed by atoms with Crippen molar-refractivity contribution >= 4 is 11.4 Å². The zero-order valence-corrected chi connectivity index (χ0v) is 11.0. The molecule has 1 fully saturated rings. The summed E-state index contributed by atoms with van der Waals surface area (Å²) in [5.74, 6) is -1.37. The Morgan fingerprint density at radius 2 is 2.05 bits per heavy atom. The lowest BCUT2D eigenvalue weighted by molar-refractivity contribution is 0.0368. The van der Waals surface area contributed by atoms with Gasteiger partial charge >= 0.3 is 0 Å². The predicted molar refractivity (Wildman–Crippen MR) is 71.1 cm³/mol. The van der Waals surface area contributed by atoms with E-state index in [1.54, 1.807) is 0 Å². The summed E-state index contributed by atoms with van der Waals surface area (Å²) in [6.07, 6.45) is 0. The second kappa shape index (κ2) is 6.16. The largest absolute Gasteiger partial charge is 0.395 e. The van der Waals surface area contributed by atoms with Crippen LogP contribution in [0.25, 0.3) is 0 Å². The Morgan fingerprint density at radius 1 is 1.37 bits per heavy atom. The van der Waals surface area contributed by atoms with Crippen LogP contribution in [0.15, 0.2) is 12.1 Å². The minimum Gasteiger partial charge on any atom is -0.395 e. The number of benzene rings is 1. The zero-order chi connectivity index (χ0) is 13.8. The predicted octanol–water partition coefficient (Wildman–Crippen LogP) is 1.68. The third kappa shape index (κ3) is 3.78. The normalized spacial score (nSPS) is 18.3. The van der Waals surface area contributed by atoms with Gasteiger partial charge in [-0.25, -0.2) is 8.78 Å². The maximum Gasteiger partial charge on any atom is 0.151 e. The fourth-order valence-corrected chi connectivity index (χ4v) is 2.19. The molecule has 1 heterocycles. The smallest absolute Gasteiger partial charge is 0.151 e. The van der Waals surface area contributed by atoms with Crippen LogP contribution in [0.3, 0.4) is 0 Å². The summed E-state index contributed by atoms with van der Waals surface area (Å²) in [7, 11) is 0. The molecule has 1 unspecified atom stereocenters. The van der Waals surface area contributed by atoms with Crippen molar-refractivity contribution in [1.82, 2.24) is 4.90 Å². The number of hydrogen-bond donors (Lipinski definition) is 2. The molecule has 2 rings (SSSR count). The topological polar surface area (TPSA) is 50.5 Å². The van der Waals surface area contributed by atoms with Gasteiger partial charge in [0, 0.05) is 31.7 Å². The van der Waals surface area contributed by atoms with Crippen molar-refractivity contribution < 1.29 is 13.5 Å². The molecule has 0 aliphatic carbocycles. The van der Waals surface area contributed by atoms with Gasteiger partial charge in [0.25, 0.3) is 0 Å². The Labute approximate surface area is 111 Å². The first-order valence-electron chi connectivity index (χ1n) is 6.37. The van der Waals surface area contributed by atoms with Crippen LogP contribution in [0.4, 0.5) is 20.2 Å². The number of halogens is 2. The van der Waals surface area contributed by atoms with Crippen molar-refractivity contribution in [3.05, 3.63) is 23.8 Å². The lowest BCUT2D eigenvalue weighted by atomic mass is 10.2. The van der Waals surface area contributed by atoms with E-state index in [1.807, 2.05) is 6.92 Å². The van der Waals surface area contributed by atoms with Crippen molar-refractivity contribution in [2.24, 2.45) is 0 Å². The van der Waals surface area contributed by atoms with Crippen LogP contribution in [0.5, 0.6) is 0 Å². The van der Waals surface area contributed by atoms with E-state index in [0.717, 1.165) is 38.9 Å². The van der Waals surface area contributed by atoms with E-state index in [0.29, 0.717) is 5.69 Å². The number of rotatable bonds is 4. The molecule has 1 aliphatic rings. The molecule has 0 amide bonds. The van der Waals surface area contributed by atoms with E-state index in [9.17, 15) is 8.78 Å². The molecule has 1 aliphatic heterocycles. The van der Waals surface area contributed by atoms with E-state index in [-0.39, 0.29) is 11.7 Å². The summed E-state index contributed by atoms with van der Waals surface area (Å²) >= 11 is 0. The van der Waals surface area contributed by atoms with Crippen LogP contribution in [0, 0.1) is 11.6 Å². The number of nitrogens with zero attached hydrogens (tertiary/aromatic N) is 1. The average Bonchev–Trinajstić information content (AvgIpc) is 2.36. The number of morpholine rings is 1. The maximum atomic E-state index is 13.3. The van der Waals surface area contributed by atoms with E-state index in [1.165, 1.54) is 6.07 Å². The number of anilines is 2. The highest BCUT2D eigenvalue weighted by atomic mass is 19.1. The third-order valence-electron chi connectivity index (χ3n) is 3.13. The van der Waals surface area contributed by atoms with Gasteiger partial charge in [0.1, 0.15) is 5.82 Å². The second-order valence-corrected chi connectivity index (χ2v) is 4.81. The fourth-order valence-electron chi connectivity index (χ4n) is 2.19. The third-order valence-corrected chi connectivity index (χ3v) is 3.13. The van der Waals surface area contributed by atoms with Crippen molar-refractivity contribution in [2.45, 2.75) is 13.0 Å². The standard InChI is InChI=1S/C13H19F2N3O/c1-9(8-18-2-4-19-5-3-18)17-12-7-10(14)6-11(15)13(12)16/h6-7,9,17H,2-5,8,16H2,1H3. The van der Waals surface area contributed by atoms with Crippen molar-refractivity contribution in [3.63, 3.8) is 0 Å².